The fraction of sp³-hybridized carbons (Fsp3) is 0.200. The van der Waals surface area contributed by atoms with Crippen LogP contribution in [0.5, 0.6) is 0 Å². The number of thioether (sulfide) groups is 1. The van der Waals surface area contributed by atoms with Gasteiger partial charge in [0.15, 0.2) is 0 Å². The van der Waals surface area contributed by atoms with Gasteiger partial charge in [-0.1, -0.05) is 17.8 Å². The molecule has 0 spiro atoms. The molecule has 0 bridgehead atoms. The minimum absolute atomic E-state index is 0.648. The predicted octanol–water partition coefficient (Wildman–Crippen LogP) is 2.68. The Balaban J connectivity index is 1.59. The molecule has 0 atom stereocenters. The number of rotatable bonds is 3. The van der Waals surface area contributed by atoms with Crippen LogP contribution in [0.2, 0.25) is 0 Å². The van der Waals surface area contributed by atoms with E-state index in [1.54, 1.807) is 16.3 Å². The second-order valence-electron chi connectivity index (χ2n) is 5.13. The molecule has 0 amide bonds. The Morgan fingerprint density at radius 2 is 2.05 bits per heavy atom. The first kappa shape index (κ1) is 13.3. The highest BCUT2D eigenvalue weighted by atomic mass is 32.2. The molecule has 0 saturated carbocycles. The molecule has 0 saturated heterocycles. The zero-order valence-electron chi connectivity index (χ0n) is 12.3. The molecule has 0 aliphatic heterocycles. The number of aryl methyl sites for hydroxylation is 2. The van der Waals surface area contributed by atoms with Crippen molar-refractivity contribution in [2.45, 2.75) is 24.8 Å². The third-order valence-corrected chi connectivity index (χ3v) is 4.23. The summed E-state index contributed by atoms with van der Waals surface area (Å²) in [5, 5.41) is 5.21. The van der Waals surface area contributed by atoms with Gasteiger partial charge in [-0.25, -0.2) is 14.5 Å². The van der Waals surface area contributed by atoms with E-state index in [4.69, 9.17) is 0 Å². The quantitative estimate of drug-likeness (QED) is 0.544. The standard InChI is InChI=1S/C15H14N6S/c1-10-7-11(2)21-14(16-10)18-15(19-21)22-9-12-8-20-6-4-3-5-13(20)17-12/h3-8H,9H2,1-2H3. The number of fused-ring (bicyclic) bond motifs is 2. The summed E-state index contributed by atoms with van der Waals surface area (Å²) < 4.78 is 3.79. The summed E-state index contributed by atoms with van der Waals surface area (Å²) in [5.74, 6) is 1.38. The van der Waals surface area contributed by atoms with Gasteiger partial charge in [-0.15, -0.1) is 5.10 Å². The lowest BCUT2D eigenvalue weighted by atomic mass is 10.4. The molecule has 6 nitrogen and oxygen atoms in total. The van der Waals surface area contributed by atoms with Crippen LogP contribution in [0.25, 0.3) is 11.4 Å². The Morgan fingerprint density at radius 1 is 1.14 bits per heavy atom. The first-order valence-electron chi connectivity index (χ1n) is 6.95. The number of hydrogen-bond donors (Lipinski definition) is 0. The van der Waals surface area contributed by atoms with Gasteiger partial charge in [-0.3, -0.25) is 0 Å². The predicted molar refractivity (Wildman–Crippen MR) is 85.0 cm³/mol. The normalized spacial score (nSPS) is 11.5. The van der Waals surface area contributed by atoms with Crippen LogP contribution in [-0.2, 0) is 5.75 Å². The molecule has 0 aliphatic rings. The van der Waals surface area contributed by atoms with Crippen LogP contribution in [0, 0.1) is 13.8 Å². The van der Waals surface area contributed by atoms with Gasteiger partial charge in [-0.2, -0.15) is 4.98 Å². The van der Waals surface area contributed by atoms with Crippen LogP contribution in [0.3, 0.4) is 0 Å². The van der Waals surface area contributed by atoms with Crippen molar-refractivity contribution in [3.8, 4) is 0 Å². The number of nitrogens with zero attached hydrogens (tertiary/aromatic N) is 6. The summed E-state index contributed by atoms with van der Waals surface area (Å²) in [5.41, 5.74) is 3.95. The summed E-state index contributed by atoms with van der Waals surface area (Å²) in [7, 11) is 0. The van der Waals surface area contributed by atoms with E-state index in [0.717, 1.165) is 33.6 Å². The molecule has 0 N–H and O–H groups in total. The first-order valence-corrected chi connectivity index (χ1v) is 7.94. The van der Waals surface area contributed by atoms with Crippen molar-refractivity contribution in [3.05, 3.63) is 53.7 Å². The Bertz CT molecular complexity index is 938. The third kappa shape index (κ3) is 2.33. The molecular formula is C15H14N6S. The Morgan fingerprint density at radius 3 is 2.91 bits per heavy atom. The summed E-state index contributed by atoms with van der Waals surface area (Å²) >= 11 is 1.57. The van der Waals surface area contributed by atoms with Crippen molar-refractivity contribution in [2.24, 2.45) is 0 Å². The molecule has 0 aliphatic carbocycles. The largest absolute Gasteiger partial charge is 0.307 e. The van der Waals surface area contributed by atoms with E-state index in [1.165, 1.54) is 0 Å². The number of pyridine rings is 1. The van der Waals surface area contributed by atoms with Gasteiger partial charge in [0.2, 0.25) is 5.16 Å². The van der Waals surface area contributed by atoms with Crippen molar-refractivity contribution in [1.82, 2.24) is 29.0 Å². The number of imidazole rings is 1. The van der Waals surface area contributed by atoms with Gasteiger partial charge < -0.3 is 4.40 Å². The monoisotopic (exact) mass is 310 g/mol. The molecule has 4 heterocycles. The van der Waals surface area contributed by atoms with Crippen molar-refractivity contribution >= 4 is 23.2 Å². The van der Waals surface area contributed by atoms with E-state index in [2.05, 4.69) is 20.1 Å². The lowest BCUT2D eigenvalue weighted by Gasteiger charge is -1.97. The zero-order chi connectivity index (χ0) is 15.1. The van der Waals surface area contributed by atoms with Crippen molar-refractivity contribution in [3.63, 3.8) is 0 Å². The van der Waals surface area contributed by atoms with Gasteiger partial charge in [0, 0.05) is 29.5 Å². The third-order valence-electron chi connectivity index (χ3n) is 3.36. The molecule has 7 heteroatoms. The van der Waals surface area contributed by atoms with E-state index in [1.807, 2.05) is 54.9 Å². The van der Waals surface area contributed by atoms with Crippen LogP contribution in [0.1, 0.15) is 17.1 Å². The van der Waals surface area contributed by atoms with E-state index in [0.29, 0.717) is 5.78 Å². The summed E-state index contributed by atoms with van der Waals surface area (Å²) in [6, 6.07) is 7.97. The van der Waals surface area contributed by atoms with Crippen LogP contribution in [0.15, 0.2) is 41.8 Å². The van der Waals surface area contributed by atoms with E-state index < -0.39 is 0 Å². The summed E-state index contributed by atoms with van der Waals surface area (Å²) in [6.45, 7) is 3.97. The second-order valence-corrected chi connectivity index (χ2v) is 6.07. The highest BCUT2D eigenvalue weighted by Crippen LogP contribution is 2.20. The fourth-order valence-electron chi connectivity index (χ4n) is 2.40. The van der Waals surface area contributed by atoms with Crippen LogP contribution >= 0.6 is 11.8 Å². The molecule has 0 radical (unpaired) electrons. The van der Waals surface area contributed by atoms with Gasteiger partial charge in [0.05, 0.1) is 5.69 Å². The van der Waals surface area contributed by atoms with Crippen molar-refractivity contribution in [2.75, 3.05) is 0 Å². The van der Waals surface area contributed by atoms with Crippen LogP contribution in [0.4, 0.5) is 0 Å². The zero-order valence-corrected chi connectivity index (χ0v) is 13.1. The molecule has 4 aromatic rings. The fourth-order valence-corrected chi connectivity index (χ4v) is 3.11. The minimum atomic E-state index is 0.648. The molecule has 0 unspecified atom stereocenters. The molecule has 4 rings (SSSR count). The number of aromatic nitrogens is 6. The van der Waals surface area contributed by atoms with Crippen molar-refractivity contribution < 1.29 is 0 Å². The SMILES string of the molecule is Cc1cc(C)n2nc(SCc3cn4ccccc4n3)nc2n1. The van der Waals surface area contributed by atoms with Gasteiger partial charge in [-0.05, 0) is 32.0 Å². The van der Waals surface area contributed by atoms with E-state index in [-0.39, 0.29) is 0 Å². The van der Waals surface area contributed by atoms with Gasteiger partial charge >= 0.3 is 0 Å². The van der Waals surface area contributed by atoms with Crippen LogP contribution in [-0.4, -0.2) is 29.0 Å². The maximum Gasteiger partial charge on any atom is 0.253 e. The molecular weight excluding hydrogens is 296 g/mol. The summed E-state index contributed by atoms with van der Waals surface area (Å²) in [6.07, 6.45) is 4.03. The number of hydrogen-bond acceptors (Lipinski definition) is 5. The minimum Gasteiger partial charge on any atom is -0.307 e. The molecule has 22 heavy (non-hydrogen) atoms. The lowest BCUT2D eigenvalue weighted by molar-refractivity contribution is 0.843. The Labute approximate surface area is 131 Å². The lowest BCUT2D eigenvalue weighted by Crippen LogP contribution is -1.97. The summed E-state index contributed by atoms with van der Waals surface area (Å²) in [4.78, 5) is 13.5. The molecule has 0 fully saturated rings. The molecule has 110 valence electrons. The Hall–Kier alpha value is -2.41. The van der Waals surface area contributed by atoms with Crippen molar-refractivity contribution in [1.29, 1.82) is 0 Å². The topological polar surface area (TPSA) is 60.4 Å². The Kier molecular flexibility index (Phi) is 3.07. The van der Waals surface area contributed by atoms with E-state index in [9.17, 15) is 0 Å². The van der Waals surface area contributed by atoms with Gasteiger partial charge in [0.1, 0.15) is 5.65 Å². The highest BCUT2D eigenvalue weighted by Gasteiger charge is 2.09. The van der Waals surface area contributed by atoms with E-state index >= 15 is 0 Å². The molecule has 4 aromatic heterocycles. The highest BCUT2D eigenvalue weighted by molar-refractivity contribution is 7.98. The average molecular weight is 310 g/mol. The molecule has 0 aromatic carbocycles. The smallest absolute Gasteiger partial charge is 0.253 e. The second kappa shape index (κ2) is 5.10. The maximum atomic E-state index is 4.58. The average Bonchev–Trinajstić information content (AvgIpc) is 3.07. The van der Waals surface area contributed by atoms with Crippen LogP contribution < -0.4 is 0 Å². The maximum absolute atomic E-state index is 4.58. The first-order chi connectivity index (χ1) is 10.7. The van der Waals surface area contributed by atoms with Gasteiger partial charge in [0.25, 0.3) is 5.78 Å².